The van der Waals surface area contributed by atoms with Gasteiger partial charge in [0.25, 0.3) is 0 Å². The molecule has 0 aliphatic rings. The number of rotatable bonds is 7. The third-order valence-electron chi connectivity index (χ3n) is 5.23. The van der Waals surface area contributed by atoms with Gasteiger partial charge in [0.05, 0.1) is 24.7 Å². The van der Waals surface area contributed by atoms with Crippen molar-refractivity contribution in [2.75, 3.05) is 0 Å². The fraction of sp³-hybridized carbons (Fsp3) is 0.208. The summed E-state index contributed by atoms with van der Waals surface area (Å²) < 4.78 is 40.7. The average Bonchev–Trinajstić information content (AvgIpc) is 3.15. The minimum Gasteiger partial charge on any atom is -0.348 e. The normalized spacial score (nSPS) is 12.6. The van der Waals surface area contributed by atoms with Crippen LogP contribution in [0.2, 0.25) is 0 Å². The Morgan fingerprint density at radius 1 is 1.03 bits per heavy atom. The van der Waals surface area contributed by atoms with Crippen LogP contribution in [0.5, 0.6) is 0 Å². The van der Waals surface area contributed by atoms with Gasteiger partial charge in [0.2, 0.25) is 5.91 Å². The van der Waals surface area contributed by atoms with Crippen molar-refractivity contribution in [1.29, 1.82) is 0 Å². The lowest BCUT2D eigenvalue weighted by Crippen LogP contribution is -2.42. The lowest BCUT2D eigenvalue weighted by atomic mass is 10.0. The molecule has 0 radical (unpaired) electrons. The highest BCUT2D eigenvalue weighted by Gasteiger charge is 2.30. The van der Waals surface area contributed by atoms with Crippen LogP contribution >= 0.6 is 0 Å². The van der Waals surface area contributed by atoms with E-state index in [1.165, 1.54) is 12.1 Å². The SMILES string of the molecule is NC(Cc1cccc(C(F)(F)F)c1)C(=O)NCc1nc2cccnc2n1Cc1ccccc1. The van der Waals surface area contributed by atoms with Crippen LogP contribution in [0.4, 0.5) is 13.2 Å². The van der Waals surface area contributed by atoms with Crippen molar-refractivity contribution < 1.29 is 18.0 Å². The number of alkyl halides is 3. The Bertz CT molecular complexity index is 1250. The summed E-state index contributed by atoms with van der Waals surface area (Å²) in [6.45, 7) is 0.633. The number of pyridine rings is 1. The maximum Gasteiger partial charge on any atom is 0.416 e. The van der Waals surface area contributed by atoms with E-state index in [4.69, 9.17) is 5.73 Å². The van der Waals surface area contributed by atoms with Gasteiger partial charge in [0.15, 0.2) is 5.65 Å². The van der Waals surface area contributed by atoms with Crippen molar-refractivity contribution in [2.45, 2.75) is 31.7 Å². The van der Waals surface area contributed by atoms with Crippen LogP contribution in [0, 0.1) is 0 Å². The number of benzene rings is 2. The Balaban J connectivity index is 1.47. The molecule has 0 saturated heterocycles. The number of hydrogen-bond donors (Lipinski definition) is 2. The predicted molar refractivity (Wildman–Crippen MR) is 118 cm³/mol. The molecule has 0 aliphatic carbocycles. The standard InChI is InChI=1S/C24H22F3N5O/c25-24(26,27)18-9-4-8-17(12-18)13-19(28)23(33)30-14-21-31-20-10-5-11-29-22(20)32(21)15-16-6-2-1-3-7-16/h1-12,19H,13-15,28H2,(H,30,33). The van der Waals surface area contributed by atoms with Crippen LogP contribution < -0.4 is 11.1 Å². The molecule has 2 heterocycles. The molecule has 0 spiro atoms. The minimum absolute atomic E-state index is 0.0161. The van der Waals surface area contributed by atoms with Crippen molar-refractivity contribution >= 4 is 17.1 Å². The summed E-state index contributed by atoms with van der Waals surface area (Å²) in [5, 5.41) is 2.75. The zero-order chi connectivity index (χ0) is 23.4. The van der Waals surface area contributed by atoms with Crippen LogP contribution in [0.15, 0.2) is 72.9 Å². The molecule has 0 aliphatic heterocycles. The summed E-state index contributed by atoms with van der Waals surface area (Å²) in [6.07, 6.45) is -2.79. The predicted octanol–water partition coefficient (Wildman–Crippen LogP) is 3.68. The van der Waals surface area contributed by atoms with Crippen molar-refractivity contribution in [3.8, 4) is 0 Å². The molecule has 3 N–H and O–H groups in total. The molecule has 1 amide bonds. The Morgan fingerprint density at radius 2 is 1.79 bits per heavy atom. The number of carbonyl (C=O) groups is 1. The molecule has 1 unspecified atom stereocenters. The van der Waals surface area contributed by atoms with E-state index in [1.807, 2.05) is 41.0 Å². The van der Waals surface area contributed by atoms with E-state index >= 15 is 0 Å². The topological polar surface area (TPSA) is 85.8 Å². The Labute approximate surface area is 188 Å². The highest BCUT2D eigenvalue weighted by atomic mass is 19.4. The summed E-state index contributed by atoms with van der Waals surface area (Å²) >= 11 is 0. The quantitative estimate of drug-likeness (QED) is 0.447. The molecule has 1 atom stereocenters. The smallest absolute Gasteiger partial charge is 0.348 e. The highest BCUT2D eigenvalue weighted by Crippen LogP contribution is 2.29. The van der Waals surface area contributed by atoms with E-state index in [0.29, 0.717) is 29.1 Å². The molecule has 2 aromatic carbocycles. The van der Waals surface area contributed by atoms with E-state index in [-0.39, 0.29) is 13.0 Å². The Morgan fingerprint density at radius 3 is 2.55 bits per heavy atom. The summed E-state index contributed by atoms with van der Waals surface area (Å²) in [5.41, 5.74) is 7.99. The van der Waals surface area contributed by atoms with Crippen molar-refractivity contribution in [3.63, 3.8) is 0 Å². The van der Waals surface area contributed by atoms with Crippen LogP contribution in [-0.4, -0.2) is 26.5 Å². The lowest BCUT2D eigenvalue weighted by Gasteiger charge is -2.14. The van der Waals surface area contributed by atoms with Gasteiger partial charge < -0.3 is 15.6 Å². The first-order valence-corrected chi connectivity index (χ1v) is 10.3. The van der Waals surface area contributed by atoms with E-state index < -0.39 is 23.7 Å². The number of halogens is 3. The van der Waals surface area contributed by atoms with Gasteiger partial charge >= 0.3 is 6.18 Å². The van der Waals surface area contributed by atoms with Gasteiger partial charge in [-0.15, -0.1) is 0 Å². The van der Waals surface area contributed by atoms with E-state index in [1.54, 1.807) is 12.3 Å². The zero-order valence-corrected chi connectivity index (χ0v) is 17.6. The first-order chi connectivity index (χ1) is 15.8. The highest BCUT2D eigenvalue weighted by molar-refractivity contribution is 5.82. The van der Waals surface area contributed by atoms with Gasteiger partial charge in [0, 0.05) is 6.20 Å². The van der Waals surface area contributed by atoms with Crippen LogP contribution in [-0.2, 0) is 30.5 Å². The molecule has 0 saturated carbocycles. The number of imidazole rings is 1. The third kappa shape index (κ3) is 5.38. The summed E-state index contributed by atoms with van der Waals surface area (Å²) in [7, 11) is 0. The number of carbonyl (C=O) groups excluding carboxylic acids is 1. The van der Waals surface area contributed by atoms with Crippen LogP contribution in [0.1, 0.15) is 22.5 Å². The van der Waals surface area contributed by atoms with Crippen LogP contribution in [0.25, 0.3) is 11.2 Å². The fourth-order valence-corrected chi connectivity index (χ4v) is 3.59. The number of amides is 1. The molecule has 9 heteroatoms. The number of hydrogen-bond acceptors (Lipinski definition) is 4. The van der Waals surface area contributed by atoms with E-state index in [0.717, 1.165) is 17.7 Å². The summed E-state index contributed by atoms with van der Waals surface area (Å²) in [5.74, 6) is 0.130. The molecule has 6 nitrogen and oxygen atoms in total. The molecular weight excluding hydrogens is 431 g/mol. The molecular formula is C24H22F3N5O. The number of aromatic nitrogens is 3. The third-order valence-corrected chi connectivity index (χ3v) is 5.23. The number of nitrogens with one attached hydrogen (secondary N) is 1. The minimum atomic E-state index is -4.45. The molecule has 0 bridgehead atoms. The molecule has 0 fully saturated rings. The number of nitrogens with two attached hydrogens (primary N) is 1. The Kier molecular flexibility index (Phi) is 6.41. The summed E-state index contributed by atoms with van der Waals surface area (Å²) in [4.78, 5) is 21.6. The molecule has 2 aromatic heterocycles. The summed E-state index contributed by atoms with van der Waals surface area (Å²) in [6, 6.07) is 17.2. The second-order valence-corrected chi connectivity index (χ2v) is 7.67. The van der Waals surface area contributed by atoms with E-state index in [9.17, 15) is 18.0 Å². The molecule has 33 heavy (non-hydrogen) atoms. The monoisotopic (exact) mass is 453 g/mol. The van der Waals surface area contributed by atoms with Crippen LogP contribution in [0.3, 0.4) is 0 Å². The zero-order valence-electron chi connectivity index (χ0n) is 17.6. The lowest BCUT2D eigenvalue weighted by molar-refractivity contribution is -0.137. The molecule has 4 aromatic rings. The van der Waals surface area contributed by atoms with Crippen molar-refractivity contribution in [1.82, 2.24) is 19.9 Å². The van der Waals surface area contributed by atoms with Gasteiger partial charge in [-0.2, -0.15) is 13.2 Å². The molecule has 4 rings (SSSR count). The number of fused-ring (bicyclic) bond motifs is 1. The Hall–Kier alpha value is -3.72. The fourth-order valence-electron chi connectivity index (χ4n) is 3.59. The van der Waals surface area contributed by atoms with E-state index in [2.05, 4.69) is 15.3 Å². The van der Waals surface area contributed by atoms with Gasteiger partial charge in [0.1, 0.15) is 11.3 Å². The largest absolute Gasteiger partial charge is 0.416 e. The second-order valence-electron chi connectivity index (χ2n) is 7.67. The number of nitrogens with zero attached hydrogens (tertiary/aromatic N) is 3. The van der Waals surface area contributed by atoms with Gasteiger partial charge in [-0.1, -0.05) is 48.5 Å². The van der Waals surface area contributed by atoms with Gasteiger partial charge in [-0.3, -0.25) is 4.79 Å². The van der Waals surface area contributed by atoms with Crippen molar-refractivity contribution in [2.24, 2.45) is 5.73 Å². The average molecular weight is 453 g/mol. The first kappa shape index (κ1) is 22.5. The second kappa shape index (κ2) is 9.41. The maximum atomic E-state index is 12.9. The molecule has 170 valence electrons. The van der Waals surface area contributed by atoms with Crippen molar-refractivity contribution in [3.05, 3.63) is 95.4 Å². The van der Waals surface area contributed by atoms with Gasteiger partial charge in [-0.25, -0.2) is 9.97 Å². The maximum absolute atomic E-state index is 12.9. The van der Waals surface area contributed by atoms with Gasteiger partial charge in [-0.05, 0) is 35.7 Å². The first-order valence-electron chi connectivity index (χ1n) is 10.3.